The van der Waals surface area contributed by atoms with E-state index in [0.29, 0.717) is 0 Å². The van der Waals surface area contributed by atoms with Gasteiger partial charge in [0.2, 0.25) is 0 Å². The highest BCUT2D eigenvalue weighted by atomic mass is 16.3. The van der Waals surface area contributed by atoms with Crippen molar-refractivity contribution in [2.24, 2.45) is 0 Å². The smallest absolute Gasteiger partial charge is 0.156 e. The highest BCUT2D eigenvalue weighted by Crippen LogP contribution is 2.51. The first-order valence-electron chi connectivity index (χ1n) is 25.2. The van der Waals surface area contributed by atoms with Gasteiger partial charge in [-0.3, -0.25) is 19.8 Å². The highest BCUT2D eigenvalue weighted by Gasteiger charge is 2.32. The van der Waals surface area contributed by atoms with Crippen molar-refractivity contribution < 1.29 is 8.83 Å². The molecule has 348 valence electrons. The van der Waals surface area contributed by atoms with Gasteiger partial charge < -0.3 is 8.83 Å². The zero-order valence-electron chi connectivity index (χ0n) is 40.8. The average Bonchev–Trinajstić information content (AvgIpc) is 3.99. The van der Waals surface area contributed by atoms with Crippen LogP contribution in [0.4, 0.5) is 34.4 Å². The van der Waals surface area contributed by atoms with Gasteiger partial charge in [0.15, 0.2) is 11.6 Å². The second kappa shape index (κ2) is 16.5. The van der Waals surface area contributed by atoms with Crippen LogP contribution in [-0.4, -0.2) is 19.9 Å². The molecule has 0 unspecified atom stereocenters. The van der Waals surface area contributed by atoms with E-state index in [2.05, 4.69) is 171 Å². The minimum absolute atomic E-state index is 0.759. The zero-order chi connectivity index (χ0) is 48.2. The molecule has 72 heavy (non-hydrogen) atoms. The summed E-state index contributed by atoms with van der Waals surface area (Å²) in [5.74, 6) is 1.52. The fourth-order valence-corrected chi connectivity index (χ4v) is 11.9. The van der Waals surface area contributed by atoms with Crippen LogP contribution in [0, 0.1) is 27.7 Å². The first-order valence-corrected chi connectivity index (χ1v) is 25.2. The van der Waals surface area contributed by atoms with Crippen LogP contribution >= 0.6 is 0 Å². The van der Waals surface area contributed by atoms with Crippen molar-refractivity contribution in [2.75, 3.05) is 9.80 Å². The molecule has 0 fully saturated rings. The molecular formula is C64H50N6O2. The topological polar surface area (TPSA) is 84.3 Å². The number of aryl methyl sites for hydroxylation is 8. The van der Waals surface area contributed by atoms with Crippen LogP contribution in [0.2, 0.25) is 0 Å². The van der Waals surface area contributed by atoms with Gasteiger partial charge in [-0.15, -0.1) is 0 Å². The van der Waals surface area contributed by atoms with E-state index in [1.54, 1.807) is 0 Å². The highest BCUT2D eigenvalue weighted by molar-refractivity contribution is 6.23. The van der Waals surface area contributed by atoms with Crippen LogP contribution in [0.5, 0.6) is 0 Å². The van der Waals surface area contributed by atoms with Crippen molar-refractivity contribution in [3.8, 4) is 22.5 Å². The van der Waals surface area contributed by atoms with Gasteiger partial charge in [-0.05, 0) is 183 Å². The number of furan rings is 2. The Labute approximate surface area is 417 Å². The Morgan fingerprint density at radius 2 is 0.750 bits per heavy atom. The maximum Gasteiger partial charge on any atom is 0.156 e. The number of hydrogen-bond donors (Lipinski definition) is 0. The van der Waals surface area contributed by atoms with Crippen LogP contribution < -0.4 is 9.80 Å². The Bertz CT molecular complexity index is 3810. The molecule has 12 aromatic rings. The van der Waals surface area contributed by atoms with Gasteiger partial charge >= 0.3 is 0 Å². The Hall–Kier alpha value is -8.62. The monoisotopic (exact) mass is 934 g/mol. The number of nitrogens with zero attached hydrogens (tertiary/aromatic N) is 6. The summed E-state index contributed by atoms with van der Waals surface area (Å²) in [6.07, 6.45) is 13.6. The van der Waals surface area contributed by atoms with E-state index in [1.807, 2.05) is 24.8 Å². The molecule has 0 saturated heterocycles. The molecule has 2 aliphatic carbocycles. The van der Waals surface area contributed by atoms with Crippen molar-refractivity contribution >= 4 is 89.0 Å². The molecule has 0 atom stereocenters. The van der Waals surface area contributed by atoms with E-state index in [-0.39, 0.29) is 0 Å². The van der Waals surface area contributed by atoms with E-state index in [9.17, 15) is 0 Å². The molecule has 0 saturated carbocycles. The number of aromatic nitrogens is 4. The minimum atomic E-state index is 0.759. The summed E-state index contributed by atoms with van der Waals surface area (Å²) in [4.78, 5) is 24.4. The van der Waals surface area contributed by atoms with E-state index < -0.39 is 0 Å². The van der Waals surface area contributed by atoms with Crippen molar-refractivity contribution in [3.05, 3.63) is 203 Å². The lowest BCUT2D eigenvalue weighted by atomic mass is 9.77. The number of rotatable bonds is 8. The number of benzene rings is 8. The van der Waals surface area contributed by atoms with E-state index >= 15 is 0 Å². The molecule has 14 rings (SSSR count). The summed E-state index contributed by atoms with van der Waals surface area (Å²) < 4.78 is 14.1. The Kier molecular flexibility index (Phi) is 9.68. The van der Waals surface area contributed by atoms with Crippen molar-refractivity contribution in [1.29, 1.82) is 0 Å². The molecule has 8 aromatic carbocycles. The molecule has 2 aliphatic rings. The van der Waals surface area contributed by atoms with Crippen molar-refractivity contribution in [2.45, 2.75) is 66.2 Å². The van der Waals surface area contributed by atoms with Gasteiger partial charge in [-0.1, -0.05) is 60.7 Å². The van der Waals surface area contributed by atoms with Gasteiger partial charge in [0, 0.05) is 66.5 Å². The van der Waals surface area contributed by atoms with Crippen LogP contribution in [0.3, 0.4) is 0 Å². The number of fused-ring (bicyclic) bond motifs is 10. The van der Waals surface area contributed by atoms with Crippen molar-refractivity contribution in [3.63, 3.8) is 0 Å². The standard InChI is InChI=1S/C64H50N6O2/c1-37-11-5-15-43(27-37)69(44-16-6-12-38(2)28-44)57-35-65-53(33-67-57)41-23-25-47-55(31-41)71-63-51-21-10-20-50-60(51)59-49(61(47)63)19-9-22-52(59)64-62(50)48-26-24-42(32-56(48)72-64)54-34-68-58(36-66-54)70(45-17-7-13-39(3)29-45)46-18-8-14-40(4)30-46/h5-8,11-18,23-36H,9-10,19-22H2,1-4H3. The lowest BCUT2D eigenvalue weighted by molar-refractivity contribution is 0.653. The SMILES string of the molecule is Cc1cccc(N(c2cccc(C)c2)c2cnc(-c3ccc4c(c3)oc3c5c6c(c7c(oc8cc(-c9cnc(N(c%10cccc(C)c%10)c%10cccc(C)c%10)cn9)ccc87)c7c6c(c34)CCC7)CCC5)cn2)c1. The Morgan fingerprint density at radius 1 is 0.375 bits per heavy atom. The third kappa shape index (κ3) is 6.80. The van der Waals surface area contributed by atoms with E-state index in [4.69, 9.17) is 28.8 Å². The Balaban J connectivity index is 0.846. The summed E-state index contributed by atoms with van der Waals surface area (Å²) in [5, 5.41) is 7.59. The molecule has 0 amide bonds. The maximum absolute atomic E-state index is 7.07. The Morgan fingerprint density at radius 3 is 1.10 bits per heavy atom. The number of hydrogen-bond acceptors (Lipinski definition) is 8. The summed E-state index contributed by atoms with van der Waals surface area (Å²) in [7, 11) is 0. The summed E-state index contributed by atoms with van der Waals surface area (Å²) >= 11 is 0. The second-order valence-electron chi connectivity index (χ2n) is 20.0. The van der Waals surface area contributed by atoms with Gasteiger partial charge in [-0.25, -0.2) is 9.97 Å². The third-order valence-electron chi connectivity index (χ3n) is 15.1. The van der Waals surface area contributed by atoms with Gasteiger partial charge in [0.1, 0.15) is 22.3 Å². The molecular weight excluding hydrogens is 885 g/mol. The lowest BCUT2D eigenvalue weighted by Crippen LogP contribution is -2.12. The van der Waals surface area contributed by atoms with Crippen LogP contribution in [0.1, 0.15) is 57.3 Å². The average molecular weight is 935 g/mol. The minimum Gasteiger partial charge on any atom is -0.456 e. The van der Waals surface area contributed by atoms with Crippen LogP contribution in [0.15, 0.2) is 167 Å². The summed E-state index contributed by atoms with van der Waals surface area (Å²) in [5.41, 5.74) is 21.7. The molecule has 8 heteroatoms. The fraction of sp³-hybridized carbons (Fsp3) is 0.156. The first-order chi connectivity index (χ1) is 35.3. The summed E-state index contributed by atoms with van der Waals surface area (Å²) in [6, 6.07) is 47.2. The molecule has 0 bridgehead atoms. The molecule has 8 nitrogen and oxygen atoms in total. The number of anilines is 6. The fourth-order valence-electron chi connectivity index (χ4n) is 11.9. The second-order valence-corrected chi connectivity index (χ2v) is 20.0. The first kappa shape index (κ1) is 42.3. The van der Waals surface area contributed by atoms with E-state index in [0.717, 1.165) is 129 Å². The van der Waals surface area contributed by atoms with Gasteiger partial charge in [0.05, 0.1) is 36.2 Å². The lowest BCUT2D eigenvalue weighted by Gasteiger charge is -2.26. The normalized spacial score (nSPS) is 13.2. The van der Waals surface area contributed by atoms with Gasteiger partial charge in [-0.2, -0.15) is 0 Å². The quantitative estimate of drug-likeness (QED) is 0.149. The van der Waals surface area contributed by atoms with E-state index in [1.165, 1.54) is 66.1 Å². The third-order valence-corrected chi connectivity index (χ3v) is 15.1. The molecule has 4 heterocycles. The van der Waals surface area contributed by atoms with Crippen LogP contribution in [-0.2, 0) is 25.7 Å². The molecule has 0 N–H and O–H groups in total. The molecule has 4 aromatic heterocycles. The maximum atomic E-state index is 7.07. The largest absolute Gasteiger partial charge is 0.456 e. The molecule has 0 aliphatic heterocycles. The van der Waals surface area contributed by atoms with Crippen LogP contribution in [0.25, 0.3) is 77.2 Å². The summed E-state index contributed by atoms with van der Waals surface area (Å²) in [6.45, 7) is 8.46. The van der Waals surface area contributed by atoms with Gasteiger partial charge in [0.25, 0.3) is 0 Å². The predicted octanol–water partition coefficient (Wildman–Crippen LogP) is 16.7. The zero-order valence-corrected chi connectivity index (χ0v) is 40.8. The predicted molar refractivity (Wildman–Crippen MR) is 293 cm³/mol. The van der Waals surface area contributed by atoms with Crippen molar-refractivity contribution in [1.82, 2.24) is 19.9 Å². The molecule has 0 radical (unpaired) electrons. The molecule has 0 spiro atoms.